The lowest BCUT2D eigenvalue weighted by Crippen LogP contribution is -2.44. The van der Waals surface area contributed by atoms with Crippen molar-refractivity contribution in [2.24, 2.45) is 0 Å². The summed E-state index contributed by atoms with van der Waals surface area (Å²) >= 11 is 0. The van der Waals surface area contributed by atoms with Gasteiger partial charge in [-0.05, 0) is 45.9 Å². The third-order valence-electron chi connectivity index (χ3n) is 3.17. The van der Waals surface area contributed by atoms with Crippen molar-refractivity contribution in [2.75, 3.05) is 39.8 Å². The Bertz CT molecular complexity index is 144. The molecule has 0 atom stereocenters. The number of hydrogen-bond acceptors (Lipinski definition) is 3. The zero-order chi connectivity index (χ0) is 10.4. The van der Waals surface area contributed by atoms with Gasteiger partial charge in [-0.2, -0.15) is 0 Å². The van der Waals surface area contributed by atoms with Crippen molar-refractivity contribution in [1.82, 2.24) is 9.80 Å². The van der Waals surface area contributed by atoms with Gasteiger partial charge in [-0.15, -0.1) is 0 Å². The average molecular weight is 200 g/mol. The SMILES string of the molecule is CCCN(C)C1CCN(CCO)CC1. The first-order valence-corrected chi connectivity index (χ1v) is 5.81. The summed E-state index contributed by atoms with van der Waals surface area (Å²) in [6.07, 6.45) is 3.76. The maximum absolute atomic E-state index is 8.83. The molecule has 3 nitrogen and oxygen atoms in total. The van der Waals surface area contributed by atoms with Gasteiger partial charge >= 0.3 is 0 Å². The molecule has 1 N–H and O–H groups in total. The van der Waals surface area contributed by atoms with Crippen molar-refractivity contribution in [1.29, 1.82) is 0 Å². The number of aliphatic hydroxyl groups excluding tert-OH is 1. The van der Waals surface area contributed by atoms with Gasteiger partial charge in [0.1, 0.15) is 0 Å². The van der Waals surface area contributed by atoms with Gasteiger partial charge in [-0.3, -0.25) is 0 Å². The van der Waals surface area contributed by atoms with E-state index < -0.39 is 0 Å². The van der Waals surface area contributed by atoms with Crippen LogP contribution in [0.5, 0.6) is 0 Å². The van der Waals surface area contributed by atoms with Crippen LogP contribution in [-0.4, -0.2) is 60.8 Å². The van der Waals surface area contributed by atoms with Gasteiger partial charge < -0.3 is 14.9 Å². The number of hydrogen-bond donors (Lipinski definition) is 1. The lowest BCUT2D eigenvalue weighted by molar-refractivity contribution is 0.111. The van der Waals surface area contributed by atoms with E-state index >= 15 is 0 Å². The molecule has 1 fully saturated rings. The molecule has 0 aromatic rings. The number of likely N-dealkylation sites (tertiary alicyclic amines) is 1. The van der Waals surface area contributed by atoms with Crippen molar-refractivity contribution in [3.63, 3.8) is 0 Å². The van der Waals surface area contributed by atoms with E-state index in [1.807, 2.05) is 0 Å². The van der Waals surface area contributed by atoms with Crippen LogP contribution in [0.4, 0.5) is 0 Å². The fraction of sp³-hybridized carbons (Fsp3) is 1.00. The Morgan fingerprint density at radius 2 is 2.00 bits per heavy atom. The van der Waals surface area contributed by atoms with E-state index in [0.29, 0.717) is 6.61 Å². The van der Waals surface area contributed by atoms with Crippen LogP contribution in [0.25, 0.3) is 0 Å². The molecule has 0 spiro atoms. The average Bonchev–Trinajstić information content (AvgIpc) is 2.20. The van der Waals surface area contributed by atoms with Crippen LogP contribution < -0.4 is 0 Å². The summed E-state index contributed by atoms with van der Waals surface area (Å²) in [7, 11) is 2.23. The normalized spacial score (nSPS) is 20.6. The highest BCUT2D eigenvalue weighted by Gasteiger charge is 2.21. The van der Waals surface area contributed by atoms with E-state index in [4.69, 9.17) is 5.11 Å². The predicted molar refractivity (Wildman–Crippen MR) is 59.5 cm³/mol. The lowest BCUT2D eigenvalue weighted by atomic mass is 10.0. The minimum atomic E-state index is 0.301. The van der Waals surface area contributed by atoms with Gasteiger partial charge in [0.15, 0.2) is 0 Å². The van der Waals surface area contributed by atoms with Gasteiger partial charge in [-0.1, -0.05) is 6.92 Å². The van der Waals surface area contributed by atoms with Crippen molar-refractivity contribution in [2.45, 2.75) is 32.2 Å². The van der Waals surface area contributed by atoms with Crippen LogP contribution in [0.2, 0.25) is 0 Å². The Morgan fingerprint density at radius 1 is 1.36 bits per heavy atom. The second-order valence-electron chi connectivity index (χ2n) is 4.28. The molecule has 0 radical (unpaired) electrons. The highest BCUT2D eigenvalue weighted by molar-refractivity contribution is 4.77. The molecule has 1 rings (SSSR count). The second-order valence-corrected chi connectivity index (χ2v) is 4.28. The maximum atomic E-state index is 8.83. The van der Waals surface area contributed by atoms with E-state index in [1.54, 1.807) is 0 Å². The molecular weight excluding hydrogens is 176 g/mol. The highest BCUT2D eigenvalue weighted by Crippen LogP contribution is 2.14. The van der Waals surface area contributed by atoms with Crippen LogP contribution in [0.15, 0.2) is 0 Å². The van der Waals surface area contributed by atoms with E-state index in [2.05, 4.69) is 23.8 Å². The maximum Gasteiger partial charge on any atom is 0.0558 e. The van der Waals surface area contributed by atoms with Gasteiger partial charge in [-0.25, -0.2) is 0 Å². The molecule has 1 aliphatic heterocycles. The second kappa shape index (κ2) is 6.38. The number of aliphatic hydroxyl groups is 1. The summed E-state index contributed by atoms with van der Waals surface area (Å²) in [5.41, 5.74) is 0. The smallest absolute Gasteiger partial charge is 0.0558 e. The van der Waals surface area contributed by atoms with Crippen molar-refractivity contribution in [3.8, 4) is 0 Å². The molecular formula is C11H24N2O. The Kier molecular flexibility index (Phi) is 5.45. The molecule has 1 heterocycles. The van der Waals surface area contributed by atoms with E-state index in [1.165, 1.54) is 25.8 Å². The van der Waals surface area contributed by atoms with Crippen molar-refractivity contribution < 1.29 is 5.11 Å². The van der Waals surface area contributed by atoms with E-state index in [0.717, 1.165) is 25.7 Å². The summed E-state index contributed by atoms with van der Waals surface area (Å²) in [6.45, 7) is 6.90. The minimum Gasteiger partial charge on any atom is -0.395 e. The molecule has 0 aliphatic carbocycles. The quantitative estimate of drug-likeness (QED) is 0.710. The highest BCUT2D eigenvalue weighted by atomic mass is 16.3. The van der Waals surface area contributed by atoms with Crippen LogP contribution in [0, 0.1) is 0 Å². The summed E-state index contributed by atoms with van der Waals surface area (Å²) in [6, 6.07) is 0.768. The molecule has 14 heavy (non-hydrogen) atoms. The number of rotatable bonds is 5. The zero-order valence-corrected chi connectivity index (χ0v) is 9.58. The Labute approximate surface area is 87.7 Å². The Balaban J connectivity index is 2.21. The van der Waals surface area contributed by atoms with Gasteiger partial charge in [0.25, 0.3) is 0 Å². The molecule has 0 aromatic heterocycles. The molecule has 0 saturated carbocycles. The molecule has 0 unspecified atom stereocenters. The van der Waals surface area contributed by atoms with E-state index in [-0.39, 0.29) is 0 Å². The molecule has 0 aromatic carbocycles. The van der Waals surface area contributed by atoms with E-state index in [9.17, 15) is 0 Å². The van der Waals surface area contributed by atoms with Gasteiger partial charge in [0.05, 0.1) is 6.61 Å². The monoisotopic (exact) mass is 200 g/mol. The summed E-state index contributed by atoms with van der Waals surface area (Å²) in [4.78, 5) is 4.84. The van der Waals surface area contributed by atoms with Crippen molar-refractivity contribution >= 4 is 0 Å². The summed E-state index contributed by atoms with van der Waals surface area (Å²) < 4.78 is 0. The first-order valence-electron chi connectivity index (χ1n) is 5.81. The molecule has 3 heteroatoms. The fourth-order valence-electron chi connectivity index (χ4n) is 2.26. The molecule has 1 aliphatic rings. The zero-order valence-electron chi connectivity index (χ0n) is 9.58. The van der Waals surface area contributed by atoms with Crippen LogP contribution in [0.1, 0.15) is 26.2 Å². The largest absolute Gasteiger partial charge is 0.395 e. The first kappa shape index (κ1) is 12.0. The standard InChI is InChI=1S/C11H24N2O/c1-3-6-12(2)11-4-7-13(8-5-11)9-10-14/h11,14H,3-10H2,1-2H3. The molecule has 0 bridgehead atoms. The van der Waals surface area contributed by atoms with Crippen LogP contribution in [0.3, 0.4) is 0 Å². The fourth-order valence-corrected chi connectivity index (χ4v) is 2.26. The van der Waals surface area contributed by atoms with Crippen molar-refractivity contribution in [3.05, 3.63) is 0 Å². The number of piperidine rings is 1. The number of β-amino-alcohol motifs (C(OH)–C–C–N with tert-alkyl or cyclic N) is 1. The lowest BCUT2D eigenvalue weighted by Gasteiger charge is -2.36. The topological polar surface area (TPSA) is 26.7 Å². The van der Waals surface area contributed by atoms with Crippen LogP contribution in [-0.2, 0) is 0 Å². The molecule has 84 valence electrons. The Hall–Kier alpha value is -0.120. The molecule has 0 amide bonds. The summed E-state index contributed by atoms with van der Waals surface area (Å²) in [5, 5.41) is 8.83. The minimum absolute atomic E-state index is 0.301. The van der Waals surface area contributed by atoms with Gasteiger partial charge in [0.2, 0.25) is 0 Å². The predicted octanol–water partition coefficient (Wildman–Crippen LogP) is 0.785. The van der Waals surface area contributed by atoms with Gasteiger partial charge in [0, 0.05) is 12.6 Å². The first-order chi connectivity index (χ1) is 6.77. The molecule has 1 saturated heterocycles. The third kappa shape index (κ3) is 3.56. The van der Waals surface area contributed by atoms with Crippen LogP contribution >= 0.6 is 0 Å². The third-order valence-corrected chi connectivity index (χ3v) is 3.17. The Morgan fingerprint density at radius 3 is 2.50 bits per heavy atom. The summed E-state index contributed by atoms with van der Waals surface area (Å²) in [5.74, 6) is 0. The number of nitrogens with zero attached hydrogens (tertiary/aromatic N) is 2.